The van der Waals surface area contributed by atoms with Crippen molar-refractivity contribution in [2.75, 3.05) is 13.1 Å². The van der Waals surface area contributed by atoms with Gasteiger partial charge in [0.2, 0.25) is 0 Å². The van der Waals surface area contributed by atoms with Gasteiger partial charge in [-0.05, 0) is 53.4 Å². The SMILES string of the molecule is CC.CC(C)OC(=O)OC(=O)CC1CCN(C(=O)OC(C)(C)C)CC1. The number of likely N-dealkylation sites (tertiary alicyclic amines) is 1. The number of carbonyl (C=O) groups excluding carboxylic acids is 3. The van der Waals surface area contributed by atoms with E-state index in [0.29, 0.717) is 25.9 Å². The highest BCUT2D eigenvalue weighted by Crippen LogP contribution is 2.22. The maximum absolute atomic E-state index is 11.9. The Hall–Kier alpha value is -1.79. The van der Waals surface area contributed by atoms with E-state index in [-0.39, 0.29) is 24.5 Å². The number of esters is 1. The molecular weight excluding hydrogens is 326 g/mol. The first-order chi connectivity index (χ1) is 11.6. The Kier molecular flexibility index (Phi) is 10.2. The number of hydrogen-bond acceptors (Lipinski definition) is 6. The molecule has 7 heteroatoms. The predicted molar refractivity (Wildman–Crippen MR) is 94.2 cm³/mol. The smallest absolute Gasteiger partial charge is 0.444 e. The summed E-state index contributed by atoms with van der Waals surface area (Å²) in [5.41, 5.74) is -0.519. The Morgan fingerprint density at radius 3 is 2.04 bits per heavy atom. The molecule has 0 aromatic rings. The highest BCUT2D eigenvalue weighted by atomic mass is 16.7. The van der Waals surface area contributed by atoms with E-state index in [1.54, 1.807) is 18.7 Å². The molecule has 0 unspecified atom stereocenters. The van der Waals surface area contributed by atoms with E-state index in [0.717, 1.165) is 0 Å². The number of ether oxygens (including phenoxy) is 3. The van der Waals surface area contributed by atoms with Gasteiger partial charge in [-0.3, -0.25) is 4.79 Å². The molecule has 1 rings (SSSR count). The van der Waals surface area contributed by atoms with Crippen molar-refractivity contribution in [1.82, 2.24) is 4.90 Å². The van der Waals surface area contributed by atoms with Crippen LogP contribution in [0, 0.1) is 5.92 Å². The van der Waals surface area contributed by atoms with E-state index in [4.69, 9.17) is 9.47 Å². The van der Waals surface area contributed by atoms with Crippen LogP contribution in [0.25, 0.3) is 0 Å². The summed E-state index contributed by atoms with van der Waals surface area (Å²) >= 11 is 0. The lowest BCUT2D eigenvalue weighted by Crippen LogP contribution is -2.42. The summed E-state index contributed by atoms with van der Waals surface area (Å²) in [6, 6.07) is 0. The molecule has 1 heterocycles. The van der Waals surface area contributed by atoms with Crippen molar-refractivity contribution in [3.63, 3.8) is 0 Å². The van der Waals surface area contributed by atoms with Crippen LogP contribution in [0.3, 0.4) is 0 Å². The number of piperidine rings is 1. The summed E-state index contributed by atoms with van der Waals surface area (Å²) < 4.78 is 14.7. The van der Waals surface area contributed by atoms with Crippen molar-refractivity contribution in [1.29, 1.82) is 0 Å². The minimum atomic E-state index is -0.962. The molecule has 7 nitrogen and oxygen atoms in total. The zero-order valence-electron chi connectivity index (χ0n) is 16.6. The van der Waals surface area contributed by atoms with Crippen LogP contribution in [0.1, 0.15) is 67.7 Å². The minimum absolute atomic E-state index is 0.0908. The van der Waals surface area contributed by atoms with E-state index < -0.39 is 17.7 Å². The molecule has 0 spiro atoms. The van der Waals surface area contributed by atoms with Gasteiger partial charge >= 0.3 is 18.2 Å². The molecular formula is C18H33NO6. The molecule has 0 aromatic heterocycles. The molecule has 0 N–H and O–H groups in total. The van der Waals surface area contributed by atoms with E-state index in [1.165, 1.54) is 0 Å². The van der Waals surface area contributed by atoms with Gasteiger partial charge in [0.15, 0.2) is 0 Å². The van der Waals surface area contributed by atoms with Crippen molar-refractivity contribution < 1.29 is 28.6 Å². The average molecular weight is 359 g/mol. The van der Waals surface area contributed by atoms with Crippen molar-refractivity contribution >= 4 is 18.2 Å². The molecule has 1 amide bonds. The molecule has 25 heavy (non-hydrogen) atoms. The summed E-state index contributed by atoms with van der Waals surface area (Å²) in [5.74, 6) is -0.501. The second kappa shape index (κ2) is 10.9. The number of carbonyl (C=O) groups is 3. The second-order valence-electron chi connectivity index (χ2n) is 7.01. The molecule has 0 radical (unpaired) electrons. The fourth-order valence-electron chi connectivity index (χ4n) is 2.23. The first kappa shape index (κ1) is 23.2. The third kappa shape index (κ3) is 10.6. The predicted octanol–water partition coefficient (Wildman–Crippen LogP) is 4.14. The van der Waals surface area contributed by atoms with Gasteiger partial charge in [-0.25, -0.2) is 9.59 Å². The van der Waals surface area contributed by atoms with Gasteiger partial charge in [0, 0.05) is 19.5 Å². The summed E-state index contributed by atoms with van der Waals surface area (Å²) in [6.07, 6.45) is -0.126. The molecule has 0 aromatic carbocycles. The van der Waals surface area contributed by atoms with Crippen LogP contribution in [0.4, 0.5) is 9.59 Å². The average Bonchev–Trinajstić information content (AvgIpc) is 2.47. The topological polar surface area (TPSA) is 82.1 Å². The van der Waals surface area contributed by atoms with Crippen LogP contribution in [0.2, 0.25) is 0 Å². The lowest BCUT2D eigenvalue weighted by molar-refractivity contribution is -0.141. The van der Waals surface area contributed by atoms with Crippen molar-refractivity contribution in [3.05, 3.63) is 0 Å². The number of amides is 1. The van der Waals surface area contributed by atoms with E-state index >= 15 is 0 Å². The zero-order valence-corrected chi connectivity index (χ0v) is 16.6. The maximum atomic E-state index is 11.9. The Labute approximate surface area is 151 Å². The van der Waals surface area contributed by atoms with Crippen molar-refractivity contribution in [2.45, 2.75) is 79.4 Å². The van der Waals surface area contributed by atoms with E-state index in [2.05, 4.69) is 4.74 Å². The van der Waals surface area contributed by atoms with Crippen LogP contribution in [-0.2, 0) is 19.0 Å². The molecule has 0 aliphatic carbocycles. The largest absolute Gasteiger partial charge is 0.516 e. The van der Waals surface area contributed by atoms with Gasteiger partial charge in [-0.2, -0.15) is 0 Å². The molecule has 1 fully saturated rings. The summed E-state index contributed by atoms with van der Waals surface area (Å²) in [6.45, 7) is 13.9. The van der Waals surface area contributed by atoms with Crippen LogP contribution >= 0.6 is 0 Å². The second-order valence-corrected chi connectivity index (χ2v) is 7.01. The lowest BCUT2D eigenvalue weighted by Gasteiger charge is -2.33. The Morgan fingerprint density at radius 1 is 1.08 bits per heavy atom. The highest BCUT2D eigenvalue weighted by Gasteiger charge is 2.28. The fraction of sp³-hybridized carbons (Fsp3) is 0.833. The van der Waals surface area contributed by atoms with E-state index in [1.807, 2.05) is 34.6 Å². The number of hydrogen-bond donors (Lipinski definition) is 0. The maximum Gasteiger partial charge on any atom is 0.516 e. The molecule has 1 aliphatic heterocycles. The van der Waals surface area contributed by atoms with Gasteiger partial charge < -0.3 is 19.1 Å². The fourth-order valence-corrected chi connectivity index (χ4v) is 2.23. The summed E-state index contributed by atoms with van der Waals surface area (Å²) in [4.78, 5) is 36.5. The molecule has 0 bridgehead atoms. The molecule has 0 saturated carbocycles. The standard InChI is InChI=1S/C16H27NO6.C2H6/c1-11(2)21-15(20)22-13(18)10-12-6-8-17(9-7-12)14(19)23-16(3,4)5;1-2/h11-12H,6-10H2,1-5H3;1-2H3. The Balaban J connectivity index is 0.00000277. The third-order valence-corrected chi connectivity index (χ3v) is 3.25. The first-order valence-electron chi connectivity index (χ1n) is 8.96. The third-order valence-electron chi connectivity index (χ3n) is 3.25. The number of rotatable bonds is 3. The van der Waals surface area contributed by atoms with Crippen molar-refractivity contribution in [2.24, 2.45) is 5.92 Å². The number of nitrogens with zero attached hydrogens (tertiary/aromatic N) is 1. The quantitative estimate of drug-likeness (QED) is 0.556. The van der Waals surface area contributed by atoms with Crippen LogP contribution in [0.15, 0.2) is 0 Å². The molecule has 146 valence electrons. The normalized spacial score (nSPS) is 15.1. The molecule has 1 aliphatic rings. The van der Waals surface area contributed by atoms with Crippen LogP contribution < -0.4 is 0 Å². The van der Waals surface area contributed by atoms with Crippen molar-refractivity contribution in [3.8, 4) is 0 Å². The minimum Gasteiger partial charge on any atom is -0.444 e. The van der Waals surface area contributed by atoms with Gasteiger partial charge in [0.25, 0.3) is 0 Å². The van der Waals surface area contributed by atoms with Crippen LogP contribution in [-0.4, -0.2) is 47.9 Å². The first-order valence-corrected chi connectivity index (χ1v) is 8.96. The molecule has 1 saturated heterocycles. The van der Waals surface area contributed by atoms with Gasteiger partial charge in [0.1, 0.15) is 5.60 Å². The highest BCUT2D eigenvalue weighted by molar-refractivity contribution is 5.82. The van der Waals surface area contributed by atoms with E-state index in [9.17, 15) is 14.4 Å². The lowest BCUT2D eigenvalue weighted by atomic mass is 9.94. The zero-order chi connectivity index (χ0) is 19.6. The van der Waals surface area contributed by atoms with Gasteiger partial charge in [-0.1, -0.05) is 13.8 Å². The molecule has 0 atom stereocenters. The monoisotopic (exact) mass is 359 g/mol. The Bertz CT molecular complexity index is 433. The van der Waals surface area contributed by atoms with Gasteiger partial charge in [0.05, 0.1) is 6.10 Å². The summed E-state index contributed by atoms with van der Waals surface area (Å²) in [7, 11) is 0. The van der Waals surface area contributed by atoms with Gasteiger partial charge in [-0.15, -0.1) is 0 Å². The Morgan fingerprint density at radius 2 is 1.60 bits per heavy atom. The summed E-state index contributed by atoms with van der Waals surface area (Å²) in [5, 5.41) is 0. The van der Waals surface area contributed by atoms with Crippen LogP contribution in [0.5, 0.6) is 0 Å².